The van der Waals surface area contributed by atoms with Gasteiger partial charge in [0, 0.05) is 15.5 Å². The first-order valence-corrected chi connectivity index (χ1v) is 7.01. The minimum atomic E-state index is -0.436. The lowest BCUT2D eigenvalue weighted by molar-refractivity contribution is 0.119. The monoisotopic (exact) mass is 349 g/mol. The van der Waals surface area contributed by atoms with Crippen molar-refractivity contribution < 1.29 is 5.11 Å². The molecule has 0 aliphatic carbocycles. The average molecular weight is 351 g/mol. The maximum atomic E-state index is 10.1. The highest BCUT2D eigenvalue weighted by atomic mass is 79.9. The molecule has 1 atom stereocenters. The third kappa shape index (κ3) is 4.17. The lowest BCUT2D eigenvalue weighted by Crippen LogP contribution is -2.28. The van der Waals surface area contributed by atoms with Crippen molar-refractivity contribution in [1.29, 1.82) is 0 Å². The van der Waals surface area contributed by atoms with Gasteiger partial charge in [0.05, 0.1) is 6.10 Å². The summed E-state index contributed by atoms with van der Waals surface area (Å²) in [7, 11) is 0. The van der Waals surface area contributed by atoms with Crippen molar-refractivity contribution in [2.24, 2.45) is 0 Å². The van der Waals surface area contributed by atoms with E-state index in [9.17, 15) is 5.11 Å². The van der Waals surface area contributed by atoms with Gasteiger partial charge >= 0.3 is 0 Å². The van der Waals surface area contributed by atoms with Crippen LogP contribution in [-0.2, 0) is 0 Å². The summed E-state index contributed by atoms with van der Waals surface area (Å²) in [6.45, 7) is 6.81. The van der Waals surface area contributed by atoms with Gasteiger partial charge in [-0.15, -0.1) is 0 Å². The van der Waals surface area contributed by atoms with E-state index in [2.05, 4.69) is 50.6 Å². The zero-order chi connectivity index (χ0) is 12.1. The van der Waals surface area contributed by atoms with Crippen molar-refractivity contribution in [2.45, 2.75) is 20.0 Å². The van der Waals surface area contributed by atoms with Gasteiger partial charge in [-0.1, -0.05) is 45.7 Å². The van der Waals surface area contributed by atoms with E-state index in [4.69, 9.17) is 0 Å². The highest BCUT2D eigenvalue weighted by Crippen LogP contribution is 2.24. The van der Waals surface area contributed by atoms with Gasteiger partial charge in [0.15, 0.2) is 0 Å². The predicted molar refractivity (Wildman–Crippen MR) is 74.6 cm³/mol. The Balaban J connectivity index is 2.75. The van der Waals surface area contributed by atoms with Crippen LogP contribution in [0.5, 0.6) is 0 Å². The molecule has 0 aromatic heterocycles. The molecule has 0 unspecified atom stereocenters. The zero-order valence-corrected chi connectivity index (χ0v) is 12.8. The summed E-state index contributed by atoms with van der Waals surface area (Å²) in [5.41, 5.74) is 0.938. The van der Waals surface area contributed by atoms with Gasteiger partial charge in [-0.2, -0.15) is 0 Å². The molecule has 0 radical (unpaired) electrons. The van der Waals surface area contributed by atoms with Gasteiger partial charge < -0.3 is 10.0 Å². The van der Waals surface area contributed by atoms with E-state index in [-0.39, 0.29) is 0 Å². The Morgan fingerprint density at radius 2 is 1.62 bits per heavy atom. The van der Waals surface area contributed by atoms with E-state index >= 15 is 0 Å². The Kier molecular flexibility index (Phi) is 5.97. The number of likely N-dealkylation sites (N-methyl/N-ethyl adjacent to an activating group) is 1. The fraction of sp³-hybridized carbons (Fsp3) is 0.500. The van der Waals surface area contributed by atoms with E-state index in [1.54, 1.807) is 0 Å². The van der Waals surface area contributed by atoms with Crippen LogP contribution >= 0.6 is 31.9 Å². The Labute approximate surface area is 114 Å². The quantitative estimate of drug-likeness (QED) is 0.877. The van der Waals surface area contributed by atoms with Gasteiger partial charge in [-0.05, 0) is 36.9 Å². The van der Waals surface area contributed by atoms with Crippen LogP contribution in [0.15, 0.2) is 27.1 Å². The SMILES string of the molecule is CCN(CC)C[C@H](O)c1cc(Br)cc(Br)c1. The zero-order valence-electron chi connectivity index (χ0n) is 9.58. The average Bonchev–Trinajstić information content (AvgIpc) is 2.24. The van der Waals surface area contributed by atoms with Crippen molar-refractivity contribution in [3.63, 3.8) is 0 Å². The highest BCUT2D eigenvalue weighted by Gasteiger charge is 2.12. The molecule has 2 nitrogen and oxygen atoms in total. The first-order chi connectivity index (χ1) is 7.56. The molecule has 1 aromatic rings. The Bertz CT molecular complexity index is 320. The normalized spacial score (nSPS) is 13.1. The van der Waals surface area contributed by atoms with Crippen molar-refractivity contribution >= 4 is 31.9 Å². The van der Waals surface area contributed by atoms with Crippen molar-refractivity contribution in [2.75, 3.05) is 19.6 Å². The Morgan fingerprint density at radius 3 is 2.06 bits per heavy atom. The number of rotatable bonds is 5. The largest absolute Gasteiger partial charge is 0.387 e. The Hall–Kier alpha value is 0.1000. The molecule has 0 amide bonds. The minimum Gasteiger partial charge on any atom is -0.387 e. The molecule has 1 aromatic carbocycles. The fourth-order valence-corrected chi connectivity index (χ4v) is 2.93. The fourth-order valence-electron chi connectivity index (χ4n) is 1.60. The van der Waals surface area contributed by atoms with Crippen LogP contribution in [0.3, 0.4) is 0 Å². The van der Waals surface area contributed by atoms with Crippen LogP contribution in [0.1, 0.15) is 25.5 Å². The number of halogens is 2. The van der Waals surface area contributed by atoms with Gasteiger partial charge in [0.2, 0.25) is 0 Å². The second-order valence-electron chi connectivity index (χ2n) is 3.70. The molecular weight excluding hydrogens is 334 g/mol. The molecule has 0 aliphatic rings. The van der Waals surface area contributed by atoms with E-state index in [1.165, 1.54) is 0 Å². The number of hydrogen-bond acceptors (Lipinski definition) is 2. The first-order valence-electron chi connectivity index (χ1n) is 5.43. The summed E-state index contributed by atoms with van der Waals surface area (Å²) in [5, 5.41) is 10.1. The van der Waals surface area contributed by atoms with Gasteiger partial charge in [-0.25, -0.2) is 0 Å². The van der Waals surface area contributed by atoms with E-state index in [0.717, 1.165) is 27.6 Å². The summed E-state index contributed by atoms with van der Waals surface area (Å²) < 4.78 is 1.96. The van der Waals surface area contributed by atoms with E-state index < -0.39 is 6.10 Å². The molecule has 0 saturated heterocycles. The highest BCUT2D eigenvalue weighted by molar-refractivity contribution is 9.11. The summed E-state index contributed by atoms with van der Waals surface area (Å²) >= 11 is 6.85. The number of aliphatic hydroxyl groups is 1. The van der Waals surface area contributed by atoms with Crippen LogP contribution < -0.4 is 0 Å². The molecule has 0 saturated carbocycles. The molecule has 4 heteroatoms. The lowest BCUT2D eigenvalue weighted by atomic mass is 10.1. The van der Waals surface area contributed by atoms with E-state index in [1.807, 2.05) is 18.2 Å². The van der Waals surface area contributed by atoms with E-state index in [0.29, 0.717) is 6.54 Å². The van der Waals surface area contributed by atoms with Crippen molar-refractivity contribution in [1.82, 2.24) is 4.90 Å². The van der Waals surface area contributed by atoms with Crippen molar-refractivity contribution in [3.8, 4) is 0 Å². The van der Waals surface area contributed by atoms with Gasteiger partial charge in [0.1, 0.15) is 0 Å². The molecule has 16 heavy (non-hydrogen) atoms. The number of nitrogens with zero attached hydrogens (tertiary/aromatic N) is 1. The molecule has 1 rings (SSSR count). The van der Waals surface area contributed by atoms with Crippen LogP contribution in [0.4, 0.5) is 0 Å². The second kappa shape index (κ2) is 6.74. The maximum absolute atomic E-state index is 10.1. The van der Waals surface area contributed by atoms with Crippen LogP contribution in [-0.4, -0.2) is 29.6 Å². The predicted octanol–water partition coefficient (Wildman–Crippen LogP) is 3.59. The lowest BCUT2D eigenvalue weighted by Gasteiger charge is -2.22. The molecule has 1 N–H and O–H groups in total. The number of benzene rings is 1. The summed E-state index contributed by atoms with van der Waals surface area (Å²) in [5.74, 6) is 0. The second-order valence-corrected chi connectivity index (χ2v) is 5.54. The van der Waals surface area contributed by atoms with Crippen molar-refractivity contribution in [3.05, 3.63) is 32.7 Å². The molecule has 0 spiro atoms. The molecule has 0 aliphatic heterocycles. The number of hydrogen-bond donors (Lipinski definition) is 1. The standard InChI is InChI=1S/C12H17Br2NO/c1-3-15(4-2)8-12(16)9-5-10(13)7-11(14)6-9/h5-7,12,16H,3-4,8H2,1-2H3/t12-/m0/s1. The molecular formula is C12H17Br2NO. The first kappa shape index (κ1) is 14.2. The summed E-state index contributed by atoms with van der Waals surface area (Å²) in [4.78, 5) is 2.21. The Morgan fingerprint density at radius 1 is 1.12 bits per heavy atom. The van der Waals surface area contributed by atoms with Crippen LogP contribution in [0, 0.1) is 0 Å². The molecule has 0 fully saturated rings. The maximum Gasteiger partial charge on any atom is 0.0917 e. The topological polar surface area (TPSA) is 23.5 Å². The minimum absolute atomic E-state index is 0.436. The van der Waals surface area contributed by atoms with Gasteiger partial charge in [-0.3, -0.25) is 0 Å². The molecule has 90 valence electrons. The molecule has 0 heterocycles. The third-order valence-electron chi connectivity index (χ3n) is 2.60. The number of aliphatic hydroxyl groups excluding tert-OH is 1. The summed E-state index contributed by atoms with van der Waals surface area (Å²) in [6, 6.07) is 5.88. The van der Waals surface area contributed by atoms with Gasteiger partial charge in [0.25, 0.3) is 0 Å². The summed E-state index contributed by atoms with van der Waals surface area (Å²) in [6.07, 6.45) is -0.436. The smallest absolute Gasteiger partial charge is 0.0917 e. The van der Waals surface area contributed by atoms with Crippen LogP contribution in [0.25, 0.3) is 0 Å². The third-order valence-corrected chi connectivity index (χ3v) is 3.51. The molecule has 0 bridgehead atoms. The van der Waals surface area contributed by atoms with Crippen LogP contribution in [0.2, 0.25) is 0 Å².